The minimum Gasteiger partial charge on any atom is -0.315 e. The second-order valence-electron chi connectivity index (χ2n) is 2.25. The third-order valence-electron chi connectivity index (χ3n) is 1.51. The first-order chi connectivity index (χ1) is 4.77. The third-order valence-corrected chi connectivity index (χ3v) is 2.49. The number of hydrogen-bond donors (Lipinski definition) is 0. The minimum absolute atomic E-state index is 0.0325. The fourth-order valence-electron chi connectivity index (χ4n) is 0.972. The van der Waals surface area contributed by atoms with Gasteiger partial charge in [0, 0.05) is 5.70 Å². The number of carbonyl (C=O) groups is 1. The van der Waals surface area contributed by atoms with Crippen LogP contribution in [0, 0.1) is 0 Å². The smallest absolute Gasteiger partial charge is 0.268 e. The second-order valence-corrected chi connectivity index (χ2v) is 3.09. The molecule has 2 rings (SSSR count). The highest BCUT2D eigenvalue weighted by atomic mass is 32.2. The molecule has 4 heteroatoms. The van der Waals surface area contributed by atoms with Crippen LogP contribution in [0.2, 0.25) is 0 Å². The van der Waals surface area contributed by atoms with Gasteiger partial charge in [-0.05, 0) is 12.3 Å². The van der Waals surface area contributed by atoms with E-state index in [1.165, 1.54) is 11.8 Å². The molecule has 0 unspecified atom stereocenters. The Hall–Kier alpha value is -0.770. The summed E-state index contributed by atoms with van der Waals surface area (Å²) in [7, 11) is 0. The van der Waals surface area contributed by atoms with Crippen LogP contribution in [0.1, 0.15) is 6.92 Å². The molecule has 2 heterocycles. The van der Waals surface area contributed by atoms with E-state index in [2.05, 4.69) is 4.99 Å². The van der Waals surface area contributed by atoms with Gasteiger partial charge in [0.15, 0.2) is 5.17 Å². The van der Waals surface area contributed by atoms with Gasteiger partial charge in [0.05, 0.1) is 0 Å². The van der Waals surface area contributed by atoms with Crippen molar-refractivity contribution < 1.29 is 4.79 Å². The van der Waals surface area contributed by atoms with E-state index in [0.29, 0.717) is 6.54 Å². The van der Waals surface area contributed by atoms with E-state index in [1.54, 1.807) is 0 Å². The molecule has 2 aliphatic rings. The van der Waals surface area contributed by atoms with E-state index in [4.69, 9.17) is 0 Å². The summed E-state index contributed by atoms with van der Waals surface area (Å²) >= 11 is 1.52. The minimum atomic E-state index is -0.0325. The molecule has 2 aliphatic heterocycles. The summed E-state index contributed by atoms with van der Waals surface area (Å²) in [5.74, 6) is -0.0325. The molecule has 0 aromatic carbocycles. The van der Waals surface area contributed by atoms with Crippen LogP contribution >= 0.6 is 11.8 Å². The number of amidine groups is 1. The molecule has 0 aliphatic carbocycles. The maximum Gasteiger partial charge on any atom is 0.268 e. The van der Waals surface area contributed by atoms with Gasteiger partial charge in [-0.15, -0.1) is 0 Å². The Balaban J connectivity index is 2.33. The van der Waals surface area contributed by atoms with Crippen LogP contribution in [0.4, 0.5) is 0 Å². The first-order valence-corrected chi connectivity index (χ1v) is 3.88. The van der Waals surface area contributed by atoms with E-state index in [0.717, 1.165) is 10.9 Å². The number of rotatable bonds is 0. The zero-order chi connectivity index (χ0) is 7.14. The van der Waals surface area contributed by atoms with Crippen molar-refractivity contribution in [3.05, 3.63) is 11.1 Å². The fourth-order valence-corrected chi connectivity index (χ4v) is 1.87. The monoisotopic (exact) mass is 154 g/mol. The Morgan fingerprint density at radius 1 is 1.80 bits per heavy atom. The van der Waals surface area contributed by atoms with Crippen LogP contribution in [-0.2, 0) is 4.79 Å². The lowest BCUT2D eigenvalue weighted by Crippen LogP contribution is -2.20. The van der Waals surface area contributed by atoms with Gasteiger partial charge in [0.25, 0.3) is 5.91 Å². The number of hydrogen-bond acceptors (Lipinski definition) is 3. The van der Waals surface area contributed by atoms with Gasteiger partial charge < -0.3 is 4.90 Å². The van der Waals surface area contributed by atoms with Gasteiger partial charge in [-0.2, -0.15) is 4.99 Å². The number of thioether (sulfide) groups is 1. The normalized spacial score (nSPS) is 22.9. The molecule has 0 N–H and O–H groups in total. The van der Waals surface area contributed by atoms with Gasteiger partial charge in [0.1, 0.15) is 6.54 Å². The third kappa shape index (κ3) is 0.686. The molecule has 3 nitrogen and oxygen atoms in total. The number of nitrogens with zero attached hydrogens (tertiary/aromatic N) is 2. The second kappa shape index (κ2) is 1.85. The molecule has 0 saturated carbocycles. The lowest BCUT2D eigenvalue weighted by molar-refractivity contribution is -0.116. The molecule has 0 bridgehead atoms. The van der Waals surface area contributed by atoms with Crippen molar-refractivity contribution in [2.75, 3.05) is 6.54 Å². The van der Waals surface area contributed by atoms with Crippen molar-refractivity contribution in [3.63, 3.8) is 0 Å². The first-order valence-electron chi connectivity index (χ1n) is 3.00. The molecule has 0 fully saturated rings. The number of carbonyl (C=O) groups excluding carboxylic acids is 1. The standard InChI is InChI=1S/C6H6N2OS/c1-4-3-10-6-7-5(9)2-8(4)6/h3H,2H2,1H3. The Kier molecular flexibility index (Phi) is 1.11. The predicted molar refractivity (Wildman–Crippen MR) is 40.5 cm³/mol. The van der Waals surface area contributed by atoms with E-state index in [-0.39, 0.29) is 5.91 Å². The van der Waals surface area contributed by atoms with E-state index >= 15 is 0 Å². The van der Waals surface area contributed by atoms with Gasteiger partial charge in [-0.1, -0.05) is 11.8 Å². The van der Waals surface area contributed by atoms with Crippen molar-refractivity contribution in [3.8, 4) is 0 Å². The molecule has 10 heavy (non-hydrogen) atoms. The average Bonchev–Trinajstić information content (AvgIpc) is 2.35. The highest BCUT2D eigenvalue weighted by Gasteiger charge is 2.28. The zero-order valence-electron chi connectivity index (χ0n) is 5.50. The Bertz CT molecular complexity index is 256. The molecule has 0 atom stereocenters. The van der Waals surface area contributed by atoms with Crippen molar-refractivity contribution >= 4 is 22.8 Å². The largest absolute Gasteiger partial charge is 0.315 e. The fraction of sp³-hybridized carbons (Fsp3) is 0.333. The molecule has 1 amide bonds. The summed E-state index contributed by atoms with van der Waals surface area (Å²) in [5.41, 5.74) is 1.12. The number of amides is 1. The predicted octanol–water partition coefficient (Wildman–Crippen LogP) is 0.793. The molecule has 0 radical (unpaired) electrons. The molecule has 0 aromatic rings. The van der Waals surface area contributed by atoms with Crippen molar-refractivity contribution in [2.45, 2.75) is 6.92 Å². The molecule has 0 saturated heterocycles. The maximum absolute atomic E-state index is 10.7. The Labute approximate surface area is 62.8 Å². The van der Waals surface area contributed by atoms with Gasteiger partial charge in [-0.25, -0.2) is 0 Å². The Morgan fingerprint density at radius 3 is 3.30 bits per heavy atom. The highest BCUT2D eigenvalue weighted by Crippen LogP contribution is 2.28. The molecule has 0 spiro atoms. The SMILES string of the molecule is CC1=CSC2=NC(=O)CN12. The van der Waals surface area contributed by atoms with Crippen molar-refractivity contribution in [2.24, 2.45) is 4.99 Å². The average molecular weight is 154 g/mol. The lowest BCUT2D eigenvalue weighted by atomic mass is 10.5. The molecule has 0 aromatic heterocycles. The summed E-state index contributed by atoms with van der Waals surface area (Å²) < 4.78 is 0. The molecule has 52 valence electrons. The lowest BCUT2D eigenvalue weighted by Gasteiger charge is -2.10. The topological polar surface area (TPSA) is 32.7 Å². The Morgan fingerprint density at radius 2 is 2.60 bits per heavy atom. The van der Waals surface area contributed by atoms with Crippen LogP contribution in [0.3, 0.4) is 0 Å². The number of allylic oxidation sites excluding steroid dienone is 1. The molecular formula is C6H6N2OS. The van der Waals surface area contributed by atoms with Crippen LogP contribution in [-0.4, -0.2) is 22.5 Å². The zero-order valence-corrected chi connectivity index (χ0v) is 6.31. The van der Waals surface area contributed by atoms with Crippen LogP contribution in [0.5, 0.6) is 0 Å². The van der Waals surface area contributed by atoms with Crippen molar-refractivity contribution in [1.29, 1.82) is 0 Å². The van der Waals surface area contributed by atoms with Gasteiger partial charge in [-0.3, -0.25) is 4.79 Å². The summed E-state index contributed by atoms with van der Waals surface area (Å²) in [5, 5.41) is 2.84. The summed E-state index contributed by atoms with van der Waals surface area (Å²) in [6.45, 7) is 2.42. The van der Waals surface area contributed by atoms with Gasteiger partial charge >= 0.3 is 0 Å². The van der Waals surface area contributed by atoms with Crippen molar-refractivity contribution in [1.82, 2.24) is 4.90 Å². The maximum atomic E-state index is 10.7. The van der Waals surface area contributed by atoms with Crippen LogP contribution < -0.4 is 0 Å². The van der Waals surface area contributed by atoms with Gasteiger partial charge in [0.2, 0.25) is 0 Å². The summed E-state index contributed by atoms with van der Waals surface area (Å²) in [6.07, 6.45) is 0. The summed E-state index contributed by atoms with van der Waals surface area (Å²) in [6, 6.07) is 0. The number of fused-ring (bicyclic) bond motifs is 1. The van der Waals surface area contributed by atoms with E-state index in [1.807, 2.05) is 17.2 Å². The quantitative estimate of drug-likeness (QED) is 0.517. The molecular weight excluding hydrogens is 148 g/mol. The highest BCUT2D eigenvalue weighted by molar-refractivity contribution is 8.16. The van der Waals surface area contributed by atoms with Crippen LogP contribution in [0.15, 0.2) is 16.1 Å². The van der Waals surface area contributed by atoms with E-state index in [9.17, 15) is 4.79 Å². The van der Waals surface area contributed by atoms with E-state index < -0.39 is 0 Å². The summed E-state index contributed by atoms with van der Waals surface area (Å²) in [4.78, 5) is 16.5. The number of aliphatic imine (C=N–C) groups is 1. The van der Waals surface area contributed by atoms with Crippen LogP contribution in [0.25, 0.3) is 0 Å². The first kappa shape index (κ1) is 5.97.